The lowest BCUT2D eigenvalue weighted by Gasteiger charge is -2.27. The standard InChI is InChI=1S/C31H44N2O6S/c1-4-32-20-25(18-23-11-6-5-7-12-23)39-21-24-14-15-27(28(19-24)26-13-9-8-10-22(26)2)30(34)33-29(31(35)36)16-17-40(3,37)38/h8-10,13-15,19,23,25,29,32H,4-7,11-12,16-18,20-21H2,1-3H3,(H,33,34)(H,35,36). The molecule has 1 fully saturated rings. The SMILES string of the molecule is CCNCC(CC1CCCCC1)OCc1ccc(C(=O)NC(CCS(C)(=O)=O)C(=O)O)c(-c2ccccc2C)c1. The fourth-order valence-electron chi connectivity index (χ4n) is 5.33. The van der Waals surface area contributed by atoms with Gasteiger partial charge in [0.15, 0.2) is 0 Å². The number of likely N-dealkylation sites (N-methyl/N-ethyl adjacent to an activating group) is 1. The first kappa shape index (κ1) is 31.8. The average molecular weight is 573 g/mol. The van der Waals surface area contributed by atoms with Crippen molar-refractivity contribution in [1.82, 2.24) is 10.6 Å². The number of aliphatic carboxylic acids is 1. The smallest absolute Gasteiger partial charge is 0.326 e. The van der Waals surface area contributed by atoms with Crippen molar-refractivity contribution in [3.63, 3.8) is 0 Å². The first-order chi connectivity index (χ1) is 19.1. The number of nitrogens with one attached hydrogen (secondary N) is 2. The van der Waals surface area contributed by atoms with Crippen molar-refractivity contribution in [2.45, 2.75) is 77.5 Å². The van der Waals surface area contributed by atoms with E-state index < -0.39 is 27.8 Å². The second-order valence-electron chi connectivity index (χ2n) is 11.0. The van der Waals surface area contributed by atoms with Crippen molar-refractivity contribution in [3.05, 3.63) is 59.2 Å². The summed E-state index contributed by atoms with van der Waals surface area (Å²) < 4.78 is 29.6. The quantitative estimate of drug-likeness (QED) is 0.282. The summed E-state index contributed by atoms with van der Waals surface area (Å²) in [5, 5.41) is 15.6. The van der Waals surface area contributed by atoms with Crippen molar-refractivity contribution in [2.75, 3.05) is 25.1 Å². The molecule has 1 aliphatic carbocycles. The highest BCUT2D eigenvalue weighted by molar-refractivity contribution is 7.90. The van der Waals surface area contributed by atoms with Crippen LogP contribution in [0.25, 0.3) is 11.1 Å². The molecule has 2 aromatic carbocycles. The van der Waals surface area contributed by atoms with E-state index in [0.717, 1.165) is 42.5 Å². The molecule has 0 aromatic heterocycles. The fraction of sp³-hybridized carbons (Fsp3) is 0.548. The molecule has 2 atom stereocenters. The van der Waals surface area contributed by atoms with Crippen LogP contribution in [0.1, 0.15) is 73.4 Å². The molecule has 0 aliphatic heterocycles. The summed E-state index contributed by atoms with van der Waals surface area (Å²) in [6.07, 6.45) is 8.38. The van der Waals surface area contributed by atoms with Crippen molar-refractivity contribution in [1.29, 1.82) is 0 Å². The number of carboxylic acid groups (broad SMARTS) is 1. The van der Waals surface area contributed by atoms with E-state index in [0.29, 0.717) is 23.7 Å². The number of ether oxygens (including phenoxy) is 1. The molecule has 3 N–H and O–H groups in total. The molecule has 3 rings (SSSR count). The zero-order chi connectivity index (χ0) is 29.1. The van der Waals surface area contributed by atoms with Gasteiger partial charge in [-0.2, -0.15) is 0 Å². The van der Waals surface area contributed by atoms with Crippen molar-refractivity contribution < 1.29 is 27.9 Å². The van der Waals surface area contributed by atoms with Gasteiger partial charge < -0.3 is 20.5 Å². The van der Waals surface area contributed by atoms with Crippen LogP contribution in [0.2, 0.25) is 0 Å². The van der Waals surface area contributed by atoms with E-state index in [1.54, 1.807) is 6.07 Å². The molecule has 8 nitrogen and oxygen atoms in total. The molecule has 0 radical (unpaired) electrons. The van der Waals surface area contributed by atoms with Gasteiger partial charge in [-0.1, -0.05) is 69.4 Å². The number of benzene rings is 2. The lowest BCUT2D eigenvalue weighted by atomic mass is 9.85. The first-order valence-corrected chi connectivity index (χ1v) is 16.4. The Bertz CT molecular complexity index is 1240. The number of carboxylic acids is 1. The molecule has 0 heterocycles. The normalized spacial score (nSPS) is 15.9. The molecule has 0 spiro atoms. The molecule has 9 heteroatoms. The Morgan fingerprint density at radius 1 is 1.07 bits per heavy atom. The summed E-state index contributed by atoms with van der Waals surface area (Å²) >= 11 is 0. The van der Waals surface area contributed by atoms with Gasteiger partial charge in [-0.15, -0.1) is 0 Å². The van der Waals surface area contributed by atoms with Crippen LogP contribution < -0.4 is 10.6 Å². The molecule has 1 amide bonds. The largest absolute Gasteiger partial charge is 0.480 e. The number of aryl methyl sites for hydroxylation is 1. The monoisotopic (exact) mass is 572 g/mol. The van der Waals surface area contributed by atoms with Crippen LogP contribution in [-0.2, 0) is 26.0 Å². The van der Waals surface area contributed by atoms with Crippen molar-refractivity contribution in [2.24, 2.45) is 5.92 Å². The van der Waals surface area contributed by atoms with Gasteiger partial charge in [0, 0.05) is 18.4 Å². The number of hydrogen-bond donors (Lipinski definition) is 3. The van der Waals surface area contributed by atoms with Crippen LogP contribution in [0.5, 0.6) is 0 Å². The third-order valence-electron chi connectivity index (χ3n) is 7.57. The van der Waals surface area contributed by atoms with Gasteiger partial charge in [0.05, 0.1) is 18.5 Å². The van der Waals surface area contributed by atoms with E-state index in [4.69, 9.17) is 4.74 Å². The Balaban J connectivity index is 1.83. The zero-order valence-corrected chi connectivity index (χ0v) is 24.8. The van der Waals surface area contributed by atoms with Gasteiger partial charge in [0.1, 0.15) is 15.9 Å². The topological polar surface area (TPSA) is 122 Å². The van der Waals surface area contributed by atoms with E-state index in [-0.39, 0.29) is 18.3 Å². The number of carbonyl (C=O) groups excluding carboxylic acids is 1. The summed E-state index contributed by atoms with van der Waals surface area (Å²) in [5.41, 5.74) is 3.77. The highest BCUT2D eigenvalue weighted by atomic mass is 32.2. The average Bonchev–Trinajstić information content (AvgIpc) is 2.92. The molecule has 1 aliphatic rings. The third-order valence-corrected chi connectivity index (χ3v) is 8.55. The maximum absolute atomic E-state index is 13.3. The van der Waals surface area contributed by atoms with E-state index >= 15 is 0 Å². The molecular weight excluding hydrogens is 528 g/mol. The van der Waals surface area contributed by atoms with Gasteiger partial charge in [-0.05, 0) is 66.6 Å². The van der Waals surface area contributed by atoms with Crippen LogP contribution in [-0.4, -0.2) is 62.6 Å². The highest BCUT2D eigenvalue weighted by Gasteiger charge is 2.25. The van der Waals surface area contributed by atoms with E-state index in [1.165, 1.54) is 32.1 Å². The number of carbonyl (C=O) groups is 2. The van der Waals surface area contributed by atoms with Crippen molar-refractivity contribution >= 4 is 21.7 Å². The number of hydrogen-bond acceptors (Lipinski definition) is 6. The Labute approximate surface area is 238 Å². The minimum atomic E-state index is -3.38. The van der Waals surface area contributed by atoms with Gasteiger partial charge >= 0.3 is 5.97 Å². The molecule has 2 aromatic rings. The Hall–Kier alpha value is -2.75. The lowest BCUT2D eigenvalue weighted by molar-refractivity contribution is -0.139. The minimum Gasteiger partial charge on any atom is -0.480 e. The molecule has 0 bridgehead atoms. The van der Waals surface area contributed by atoms with Crippen LogP contribution in [0.15, 0.2) is 42.5 Å². The highest BCUT2D eigenvalue weighted by Crippen LogP contribution is 2.30. The molecule has 2 unspecified atom stereocenters. The lowest BCUT2D eigenvalue weighted by Crippen LogP contribution is -2.42. The third kappa shape index (κ3) is 10.0. The fourth-order valence-corrected chi connectivity index (χ4v) is 5.99. The molecule has 220 valence electrons. The summed E-state index contributed by atoms with van der Waals surface area (Å²) in [4.78, 5) is 25.1. The van der Waals surface area contributed by atoms with Gasteiger partial charge in [-0.3, -0.25) is 4.79 Å². The Morgan fingerprint density at radius 3 is 2.45 bits per heavy atom. The minimum absolute atomic E-state index is 0.0964. The Morgan fingerprint density at radius 2 is 1.80 bits per heavy atom. The van der Waals surface area contributed by atoms with Gasteiger partial charge in [0.2, 0.25) is 0 Å². The molecule has 40 heavy (non-hydrogen) atoms. The van der Waals surface area contributed by atoms with Crippen molar-refractivity contribution in [3.8, 4) is 11.1 Å². The number of rotatable bonds is 15. The van der Waals surface area contributed by atoms with Crippen LogP contribution in [0.3, 0.4) is 0 Å². The second kappa shape index (κ2) is 15.3. The summed E-state index contributed by atoms with van der Waals surface area (Å²) in [6, 6.07) is 11.9. The van der Waals surface area contributed by atoms with Crippen LogP contribution >= 0.6 is 0 Å². The van der Waals surface area contributed by atoms with Crippen LogP contribution in [0.4, 0.5) is 0 Å². The predicted molar refractivity (Wildman–Crippen MR) is 158 cm³/mol. The Kier molecular flexibility index (Phi) is 12.2. The number of amides is 1. The van der Waals surface area contributed by atoms with Gasteiger partial charge in [0.25, 0.3) is 5.91 Å². The number of sulfone groups is 1. The zero-order valence-electron chi connectivity index (χ0n) is 23.9. The van der Waals surface area contributed by atoms with E-state index in [2.05, 4.69) is 17.6 Å². The summed E-state index contributed by atoms with van der Waals surface area (Å²) in [5.74, 6) is -1.48. The van der Waals surface area contributed by atoms with E-state index in [1.807, 2.05) is 43.3 Å². The van der Waals surface area contributed by atoms with Crippen LogP contribution in [0, 0.1) is 12.8 Å². The summed E-state index contributed by atoms with van der Waals surface area (Å²) in [7, 11) is -3.38. The second-order valence-corrected chi connectivity index (χ2v) is 13.2. The first-order valence-electron chi connectivity index (χ1n) is 14.3. The van der Waals surface area contributed by atoms with Gasteiger partial charge in [-0.25, -0.2) is 13.2 Å². The molecule has 0 saturated heterocycles. The maximum Gasteiger partial charge on any atom is 0.326 e. The molecule has 1 saturated carbocycles. The molecular formula is C31H44N2O6S. The van der Waals surface area contributed by atoms with E-state index in [9.17, 15) is 23.1 Å². The summed E-state index contributed by atoms with van der Waals surface area (Å²) in [6.45, 7) is 6.13. The maximum atomic E-state index is 13.3. The predicted octanol–water partition coefficient (Wildman–Crippen LogP) is 4.74.